The smallest absolute Gasteiger partial charge is 0.193 e. The van der Waals surface area contributed by atoms with Crippen LogP contribution in [-0.2, 0) is 9.59 Å². The van der Waals surface area contributed by atoms with Gasteiger partial charge in [-0.2, -0.15) is 0 Å². The van der Waals surface area contributed by atoms with Crippen LogP contribution >= 0.6 is 0 Å². The van der Waals surface area contributed by atoms with E-state index in [9.17, 15) is 9.59 Å². The molecule has 0 aromatic heterocycles. The molecule has 96 valence electrons. The Hall–Kier alpha value is -2.48. The second-order valence-electron chi connectivity index (χ2n) is 5.31. The van der Waals surface area contributed by atoms with Crippen molar-refractivity contribution in [1.82, 2.24) is 0 Å². The van der Waals surface area contributed by atoms with Crippen molar-refractivity contribution in [3.05, 3.63) is 82.0 Å². The summed E-state index contributed by atoms with van der Waals surface area (Å²) in [6, 6.07) is 0. The van der Waals surface area contributed by atoms with Crippen LogP contribution in [0.2, 0.25) is 0 Å². The predicted octanol–water partition coefficient (Wildman–Crippen LogP) is 3.07. The molecule has 0 bridgehead atoms. The first kappa shape index (κ1) is 11.4. The van der Waals surface area contributed by atoms with Gasteiger partial charge in [0, 0.05) is 11.1 Å². The fraction of sp³-hybridized carbons (Fsp3) is 0.111. The normalized spacial score (nSPS) is 23.4. The summed E-state index contributed by atoms with van der Waals surface area (Å²) in [6.45, 7) is 0. The van der Waals surface area contributed by atoms with E-state index in [4.69, 9.17) is 0 Å². The average molecular weight is 260 g/mol. The zero-order chi connectivity index (χ0) is 13.7. The van der Waals surface area contributed by atoms with Crippen LogP contribution in [0.4, 0.5) is 0 Å². The third kappa shape index (κ3) is 1.58. The Balaban J connectivity index is 1.87. The van der Waals surface area contributed by atoms with E-state index in [0.717, 1.165) is 39.9 Å². The molecule has 0 radical (unpaired) electrons. The molecule has 2 nitrogen and oxygen atoms in total. The van der Waals surface area contributed by atoms with Gasteiger partial charge in [0.25, 0.3) is 0 Å². The third-order valence-corrected chi connectivity index (χ3v) is 4.03. The van der Waals surface area contributed by atoms with Gasteiger partial charge in [-0.15, -0.1) is 0 Å². The van der Waals surface area contributed by atoms with Crippen molar-refractivity contribution >= 4 is 11.6 Å². The fourth-order valence-corrected chi connectivity index (χ4v) is 3.04. The molecule has 0 aromatic carbocycles. The summed E-state index contributed by atoms with van der Waals surface area (Å²) < 4.78 is 0. The minimum atomic E-state index is 0.0223. The lowest BCUT2D eigenvalue weighted by Crippen LogP contribution is -2.18. The second kappa shape index (κ2) is 4.01. The Bertz CT molecular complexity index is 774. The summed E-state index contributed by atoms with van der Waals surface area (Å²) in [5.74, 6) is 0.132. The number of carbonyl (C=O) groups excluding carboxylic acids is 2. The summed E-state index contributed by atoms with van der Waals surface area (Å²) >= 11 is 0. The lowest BCUT2D eigenvalue weighted by atomic mass is 9.77. The zero-order valence-electron chi connectivity index (χ0n) is 10.8. The number of carbonyl (C=O) groups is 2. The predicted molar refractivity (Wildman–Crippen MR) is 76.9 cm³/mol. The monoisotopic (exact) mass is 260 g/mol. The van der Waals surface area contributed by atoms with Crippen LogP contribution in [0.1, 0.15) is 12.8 Å². The molecule has 4 rings (SSSR count). The maximum Gasteiger partial charge on any atom is 0.193 e. The molecule has 0 N–H and O–H groups in total. The van der Waals surface area contributed by atoms with Crippen molar-refractivity contribution in [3.8, 4) is 0 Å². The summed E-state index contributed by atoms with van der Waals surface area (Å²) in [6.07, 6.45) is 16.6. The summed E-state index contributed by atoms with van der Waals surface area (Å²) in [7, 11) is 0. The number of Topliss-reactive ketones (excluding diaryl/α,β-unsaturated/α-hetero) is 1. The van der Waals surface area contributed by atoms with Crippen LogP contribution < -0.4 is 0 Å². The summed E-state index contributed by atoms with van der Waals surface area (Å²) in [4.78, 5) is 24.0. The van der Waals surface area contributed by atoms with Crippen molar-refractivity contribution in [2.24, 2.45) is 0 Å². The first-order valence-electron chi connectivity index (χ1n) is 6.74. The molecule has 2 heteroatoms. The zero-order valence-corrected chi connectivity index (χ0v) is 10.8. The highest BCUT2D eigenvalue weighted by Crippen LogP contribution is 2.39. The number of hydrogen-bond acceptors (Lipinski definition) is 2. The van der Waals surface area contributed by atoms with Gasteiger partial charge < -0.3 is 0 Å². The highest BCUT2D eigenvalue weighted by atomic mass is 16.1. The largest absolute Gasteiger partial charge is 0.290 e. The molecule has 4 aliphatic carbocycles. The number of hydrogen-bond donors (Lipinski definition) is 0. The molecule has 0 aromatic rings. The first-order valence-corrected chi connectivity index (χ1v) is 6.74. The fourth-order valence-electron chi connectivity index (χ4n) is 3.04. The van der Waals surface area contributed by atoms with Crippen LogP contribution in [0.5, 0.6) is 0 Å². The van der Waals surface area contributed by atoms with Crippen molar-refractivity contribution in [3.63, 3.8) is 0 Å². The molecule has 20 heavy (non-hydrogen) atoms. The molecule has 0 fully saturated rings. The maximum absolute atomic E-state index is 12.6. The van der Waals surface area contributed by atoms with E-state index < -0.39 is 0 Å². The minimum Gasteiger partial charge on any atom is -0.290 e. The van der Waals surface area contributed by atoms with Crippen molar-refractivity contribution in [2.75, 3.05) is 0 Å². The van der Waals surface area contributed by atoms with E-state index >= 15 is 0 Å². The summed E-state index contributed by atoms with van der Waals surface area (Å²) in [5.41, 5.74) is 5.60. The van der Waals surface area contributed by atoms with Crippen LogP contribution in [0.3, 0.4) is 0 Å². The molecule has 0 spiro atoms. The molecule has 0 unspecified atom stereocenters. The van der Waals surface area contributed by atoms with Crippen LogP contribution in [0.25, 0.3) is 0 Å². The molecule has 0 heterocycles. The Labute approximate surface area is 116 Å². The van der Waals surface area contributed by atoms with Crippen molar-refractivity contribution in [1.29, 1.82) is 0 Å². The number of allylic oxidation sites excluding steroid dienone is 14. The number of rotatable bonds is 0. The standard InChI is InChI=1S/C18H12O2/c19-15-6-5-11-10-17-14(8-13(11)9-15)7-12-3-1-2-4-16(12)18(17)20/h1,3-7,9-10H,2,8H2. The lowest BCUT2D eigenvalue weighted by molar-refractivity contribution is -0.112. The van der Waals surface area contributed by atoms with Gasteiger partial charge in [0.2, 0.25) is 0 Å². The average Bonchev–Trinajstić information content (AvgIpc) is 2.46. The van der Waals surface area contributed by atoms with Gasteiger partial charge in [0.15, 0.2) is 11.6 Å². The molecule has 0 saturated heterocycles. The molecule has 0 atom stereocenters. The molecule has 4 aliphatic rings. The maximum atomic E-state index is 12.6. The summed E-state index contributed by atoms with van der Waals surface area (Å²) in [5, 5.41) is 0. The van der Waals surface area contributed by atoms with Gasteiger partial charge in [-0.3, -0.25) is 9.59 Å². The third-order valence-electron chi connectivity index (χ3n) is 4.03. The Kier molecular flexibility index (Phi) is 2.27. The lowest BCUT2D eigenvalue weighted by Gasteiger charge is -2.26. The number of fused-ring (bicyclic) bond motifs is 2. The van der Waals surface area contributed by atoms with Crippen molar-refractivity contribution < 1.29 is 9.59 Å². The van der Waals surface area contributed by atoms with Gasteiger partial charge in [0.05, 0.1) is 0 Å². The molecular formula is C18H12O2. The van der Waals surface area contributed by atoms with Crippen LogP contribution in [0.15, 0.2) is 82.0 Å². The van der Waals surface area contributed by atoms with Crippen LogP contribution in [-0.4, -0.2) is 11.6 Å². The highest BCUT2D eigenvalue weighted by Gasteiger charge is 2.29. The highest BCUT2D eigenvalue weighted by molar-refractivity contribution is 6.16. The topological polar surface area (TPSA) is 34.1 Å². The SMILES string of the molecule is O=C1C=CC2=CC3=C(C=C4C=CCC=C4C3=O)CC2=C1. The molecular weight excluding hydrogens is 248 g/mol. The van der Waals surface area contributed by atoms with E-state index in [1.165, 1.54) is 0 Å². The van der Waals surface area contributed by atoms with Gasteiger partial charge in [-0.1, -0.05) is 24.3 Å². The molecule has 0 saturated carbocycles. The van der Waals surface area contributed by atoms with Crippen molar-refractivity contribution in [2.45, 2.75) is 12.8 Å². The van der Waals surface area contributed by atoms with Gasteiger partial charge >= 0.3 is 0 Å². The van der Waals surface area contributed by atoms with Crippen LogP contribution in [0, 0.1) is 0 Å². The first-order chi connectivity index (χ1) is 9.72. The van der Waals surface area contributed by atoms with E-state index in [1.54, 1.807) is 12.2 Å². The Morgan fingerprint density at radius 1 is 0.900 bits per heavy atom. The van der Waals surface area contributed by atoms with E-state index in [-0.39, 0.29) is 11.6 Å². The minimum absolute atomic E-state index is 0.0223. The van der Waals surface area contributed by atoms with E-state index in [0.29, 0.717) is 6.42 Å². The van der Waals surface area contributed by atoms with Gasteiger partial charge in [-0.05, 0) is 59.4 Å². The second-order valence-corrected chi connectivity index (χ2v) is 5.31. The number of ketones is 2. The van der Waals surface area contributed by atoms with E-state index in [2.05, 4.69) is 12.2 Å². The molecule has 0 amide bonds. The quantitative estimate of drug-likeness (QED) is 0.670. The Morgan fingerprint density at radius 3 is 2.70 bits per heavy atom. The van der Waals surface area contributed by atoms with Gasteiger partial charge in [-0.25, -0.2) is 0 Å². The van der Waals surface area contributed by atoms with Gasteiger partial charge in [0.1, 0.15) is 0 Å². The Morgan fingerprint density at radius 2 is 1.80 bits per heavy atom. The van der Waals surface area contributed by atoms with E-state index in [1.807, 2.05) is 24.3 Å². The molecule has 0 aliphatic heterocycles.